The molecule has 1 aromatic rings. The predicted octanol–water partition coefficient (Wildman–Crippen LogP) is -0.538. The number of anilines is 1. The van der Waals surface area contributed by atoms with Crippen LogP contribution in [0.4, 0.5) is 5.69 Å². The number of para-hydroxylation sites is 1. The van der Waals surface area contributed by atoms with Crippen molar-refractivity contribution in [2.75, 3.05) is 12.4 Å². The number of nitrogens with one attached hydrogen (secondary N) is 1. The van der Waals surface area contributed by atoms with Gasteiger partial charge in [-0.2, -0.15) is 0 Å². The van der Waals surface area contributed by atoms with Crippen LogP contribution in [0.2, 0.25) is 0 Å². The quantitative estimate of drug-likeness (QED) is 0.521. The normalized spacial score (nSPS) is 8.64. The smallest absolute Gasteiger partial charge is 1.00 e. The van der Waals surface area contributed by atoms with Crippen LogP contribution in [0.3, 0.4) is 0 Å². The fourth-order valence-electron chi connectivity index (χ4n) is 1.21. The van der Waals surface area contributed by atoms with Gasteiger partial charge in [0.05, 0.1) is 0 Å². The number of aryl methyl sites for hydroxylation is 2. The van der Waals surface area contributed by atoms with Gasteiger partial charge in [0.25, 0.3) is 0 Å². The van der Waals surface area contributed by atoms with E-state index in [4.69, 9.17) is 0 Å². The number of benzene rings is 1. The molecule has 0 spiro atoms. The van der Waals surface area contributed by atoms with Crippen LogP contribution in [0.25, 0.3) is 0 Å². The molecule has 0 fully saturated rings. The average molecular weight is 143 g/mol. The van der Waals surface area contributed by atoms with Crippen LogP contribution in [0.1, 0.15) is 12.6 Å². The SMILES string of the molecule is CNc1c(C)cccc1C.[H-].[Li+]. The minimum Gasteiger partial charge on any atom is -1.00 e. The Morgan fingerprint density at radius 2 is 1.64 bits per heavy atom. The van der Waals surface area contributed by atoms with Crippen molar-refractivity contribution in [2.45, 2.75) is 13.8 Å². The number of hydrogen-bond acceptors (Lipinski definition) is 1. The van der Waals surface area contributed by atoms with Gasteiger partial charge in [0.1, 0.15) is 0 Å². The zero-order chi connectivity index (χ0) is 7.56. The van der Waals surface area contributed by atoms with E-state index in [1.807, 2.05) is 7.05 Å². The molecule has 0 bridgehead atoms. The van der Waals surface area contributed by atoms with Gasteiger partial charge in [-0.25, -0.2) is 0 Å². The molecule has 0 aromatic heterocycles. The molecule has 0 radical (unpaired) electrons. The molecule has 1 nitrogen and oxygen atoms in total. The van der Waals surface area contributed by atoms with Crippen LogP contribution in [-0.2, 0) is 0 Å². The molecule has 0 saturated heterocycles. The first-order chi connectivity index (χ1) is 4.75. The maximum absolute atomic E-state index is 3.16. The molecule has 0 unspecified atom stereocenters. The number of rotatable bonds is 1. The molecule has 0 aliphatic carbocycles. The van der Waals surface area contributed by atoms with Gasteiger partial charge in [0, 0.05) is 12.7 Å². The second kappa shape index (κ2) is 4.49. The zero-order valence-electron chi connectivity index (χ0n) is 8.73. The monoisotopic (exact) mass is 143 g/mol. The van der Waals surface area contributed by atoms with E-state index in [0.29, 0.717) is 0 Å². The van der Waals surface area contributed by atoms with E-state index in [1.54, 1.807) is 0 Å². The molecule has 0 amide bonds. The third kappa shape index (κ3) is 2.29. The van der Waals surface area contributed by atoms with Gasteiger partial charge in [0.15, 0.2) is 0 Å². The Hall–Kier alpha value is -0.383. The van der Waals surface area contributed by atoms with E-state index in [9.17, 15) is 0 Å². The summed E-state index contributed by atoms with van der Waals surface area (Å²) in [7, 11) is 1.95. The molecule has 0 heterocycles. The molecule has 0 aliphatic heterocycles. The van der Waals surface area contributed by atoms with Gasteiger partial charge < -0.3 is 6.74 Å². The summed E-state index contributed by atoms with van der Waals surface area (Å²) in [4.78, 5) is 0. The minimum absolute atomic E-state index is 0. The van der Waals surface area contributed by atoms with Crippen LogP contribution in [-0.4, -0.2) is 7.05 Å². The van der Waals surface area contributed by atoms with Crippen molar-refractivity contribution in [1.29, 1.82) is 0 Å². The molecular formula is C9H14LiN. The van der Waals surface area contributed by atoms with Crippen LogP contribution in [0.15, 0.2) is 18.2 Å². The van der Waals surface area contributed by atoms with Crippen molar-refractivity contribution in [1.82, 2.24) is 0 Å². The Bertz CT molecular complexity index is 218. The third-order valence-electron chi connectivity index (χ3n) is 1.73. The second-order valence-corrected chi connectivity index (χ2v) is 2.52. The summed E-state index contributed by atoms with van der Waals surface area (Å²) in [5, 5.41) is 3.16. The van der Waals surface area contributed by atoms with Crippen LogP contribution in [0, 0.1) is 13.8 Å². The first-order valence-electron chi connectivity index (χ1n) is 3.49. The van der Waals surface area contributed by atoms with E-state index >= 15 is 0 Å². The van der Waals surface area contributed by atoms with Gasteiger partial charge in [-0.3, -0.25) is 0 Å². The summed E-state index contributed by atoms with van der Waals surface area (Å²) in [6.07, 6.45) is 0. The summed E-state index contributed by atoms with van der Waals surface area (Å²) in [5.74, 6) is 0. The number of hydrogen-bond donors (Lipinski definition) is 1. The molecular weight excluding hydrogens is 129 g/mol. The first kappa shape index (κ1) is 10.6. The maximum atomic E-state index is 3.16. The molecule has 1 aromatic carbocycles. The Morgan fingerprint density at radius 1 is 1.18 bits per heavy atom. The second-order valence-electron chi connectivity index (χ2n) is 2.52. The van der Waals surface area contributed by atoms with Crippen LogP contribution < -0.4 is 24.2 Å². The van der Waals surface area contributed by atoms with Crippen LogP contribution >= 0.6 is 0 Å². The predicted molar refractivity (Wildman–Crippen MR) is 46.6 cm³/mol. The topological polar surface area (TPSA) is 12.0 Å². The standard InChI is InChI=1S/C9H13N.Li.H/c1-7-5-4-6-8(2)9(7)10-3;;/h4-6,10H,1-3H3;;/q;+1;-1. The average Bonchev–Trinajstić information content (AvgIpc) is 1.88. The largest absolute Gasteiger partial charge is 1.00 e. The maximum Gasteiger partial charge on any atom is 1.00 e. The van der Waals surface area contributed by atoms with Crippen LogP contribution in [0.5, 0.6) is 0 Å². The van der Waals surface area contributed by atoms with Gasteiger partial charge in [-0.1, -0.05) is 18.2 Å². The van der Waals surface area contributed by atoms with E-state index in [0.717, 1.165) is 0 Å². The summed E-state index contributed by atoms with van der Waals surface area (Å²) >= 11 is 0. The Kier molecular flexibility index (Phi) is 4.33. The van der Waals surface area contributed by atoms with Crippen molar-refractivity contribution in [3.8, 4) is 0 Å². The van der Waals surface area contributed by atoms with Crippen molar-refractivity contribution in [3.63, 3.8) is 0 Å². The van der Waals surface area contributed by atoms with Crippen molar-refractivity contribution >= 4 is 5.69 Å². The molecule has 2 heteroatoms. The molecule has 11 heavy (non-hydrogen) atoms. The van der Waals surface area contributed by atoms with E-state index < -0.39 is 0 Å². The third-order valence-corrected chi connectivity index (χ3v) is 1.73. The summed E-state index contributed by atoms with van der Waals surface area (Å²) in [6.45, 7) is 4.22. The molecule has 0 aliphatic rings. The summed E-state index contributed by atoms with van der Waals surface area (Å²) < 4.78 is 0. The van der Waals surface area contributed by atoms with Gasteiger partial charge in [-0.05, 0) is 25.0 Å². The first-order valence-corrected chi connectivity index (χ1v) is 3.49. The van der Waals surface area contributed by atoms with E-state index in [1.165, 1.54) is 16.8 Å². The molecule has 0 saturated carbocycles. The minimum atomic E-state index is 0. The Morgan fingerprint density at radius 3 is 1.91 bits per heavy atom. The fraction of sp³-hybridized carbons (Fsp3) is 0.333. The Labute approximate surface area is 81.9 Å². The van der Waals surface area contributed by atoms with Crippen molar-refractivity contribution < 1.29 is 20.3 Å². The van der Waals surface area contributed by atoms with Gasteiger partial charge in [-0.15, -0.1) is 0 Å². The van der Waals surface area contributed by atoms with E-state index in [2.05, 4.69) is 37.4 Å². The summed E-state index contributed by atoms with van der Waals surface area (Å²) in [6, 6.07) is 6.29. The Balaban J connectivity index is 0. The fourth-order valence-corrected chi connectivity index (χ4v) is 1.21. The van der Waals surface area contributed by atoms with Gasteiger partial charge in [0.2, 0.25) is 0 Å². The molecule has 56 valence electrons. The van der Waals surface area contributed by atoms with E-state index in [-0.39, 0.29) is 20.3 Å². The van der Waals surface area contributed by atoms with Gasteiger partial charge >= 0.3 is 18.9 Å². The van der Waals surface area contributed by atoms with Crippen molar-refractivity contribution in [2.24, 2.45) is 0 Å². The molecule has 1 rings (SSSR count). The van der Waals surface area contributed by atoms with Crippen molar-refractivity contribution in [3.05, 3.63) is 29.3 Å². The molecule has 0 atom stereocenters. The molecule has 1 N–H and O–H groups in total. The summed E-state index contributed by atoms with van der Waals surface area (Å²) in [5.41, 5.74) is 3.87. The zero-order valence-corrected chi connectivity index (χ0v) is 7.73.